The zero-order valence-corrected chi connectivity index (χ0v) is 15.1. The van der Waals surface area contributed by atoms with Gasteiger partial charge in [0.15, 0.2) is 0 Å². The highest BCUT2D eigenvalue weighted by atomic mass is 19.4. The average molecular weight is 368 g/mol. The third-order valence-corrected chi connectivity index (χ3v) is 5.52. The second-order valence-electron chi connectivity index (χ2n) is 7.56. The summed E-state index contributed by atoms with van der Waals surface area (Å²) in [6, 6.07) is 5.46. The van der Waals surface area contributed by atoms with Crippen molar-refractivity contribution in [2.24, 2.45) is 5.92 Å². The number of carbonyl (C=O) groups is 1. The van der Waals surface area contributed by atoms with Crippen molar-refractivity contribution in [2.45, 2.75) is 51.2 Å². The van der Waals surface area contributed by atoms with Crippen LogP contribution in [0.5, 0.6) is 0 Å². The summed E-state index contributed by atoms with van der Waals surface area (Å²) < 4.78 is 38.0. The van der Waals surface area contributed by atoms with Gasteiger partial charge in [0.1, 0.15) is 0 Å². The van der Waals surface area contributed by atoms with Crippen LogP contribution in [0.2, 0.25) is 0 Å². The van der Waals surface area contributed by atoms with Gasteiger partial charge in [-0.1, -0.05) is 12.1 Å². The minimum Gasteiger partial charge on any atom is -0.343 e. The van der Waals surface area contributed by atoms with E-state index in [1.807, 2.05) is 4.90 Å². The van der Waals surface area contributed by atoms with Gasteiger partial charge in [0, 0.05) is 32.6 Å². The van der Waals surface area contributed by atoms with Crippen molar-refractivity contribution in [3.8, 4) is 0 Å². The smallest absolute Gasteiger partial charge is 0.343 e. The molecular formula is C20H27F3N2O. The number of hydrogen-bond donors (Lipinski definition) is 0. The third kappa shape index (κ3) is 5.22. The number of benzene rings is 1. The molecule has 1 unspecified atom stereocenters. The number of likely N-dealkylation sites (tertiary alicyclic amines) is 2. The summed E-state index contributed by atoms with van der Waals surface area (Å²) in [7, 11) is 0. The van der Waals surface area contributed by atoms with Crippen LogP contribution < -0.4 is 0 Å². The van der Waals surface area contributed by atoms with E-state index in [1.165, 1.54) is 0 Å². The van der Waals surface area contributed by atoms with E-state index >= 15 is 0 Å². The molecule has 3 rings (SSSR count). The number of halogens is 3. The summed E-state index contributed by atoms with van der Waals surface area (Å²) in [6.07, 6.45) is 1.72. The minimum absolute atomic E-state index is 0.280. The largest absolute Gasteiger partial charge is 0.416 e. The number of rotatable bonds is 5. The van der Waals surface area contributed by atoms with Crippen LogP contribution in [0.4, 0.5) is 13.2 Å². The molecule has 1 atom stereocenters. The molecule has 0 aliphatic carbocycles. The summed E-state index contributed by atoms with van der Waals surface area (Å²) in [6.45, 7) is 4.38. The molecule has 2 aliphatic heterocycles. The van der Waals surface area contributed by atoms with E-state index in [2.05, 4.69) is 4.90 Å². The quantitative estimate of drug-likeness (QED) is 0.773. The third-order valence-electron chi connectivity index (χ3n) is 5.52. The normalized spacial score (nSPS) is 22.0. The highest BCUT2D eigenvalue weighted by Gasteiger charge is 2.30. The van der Waals surface area contributed by atoms with Gasteiger partial charge in [-0.2, -0.15) is 13.2 Å². The predicted molar refractivity (Wildman–Crippen MR) is 94.5 cm³/mol. The Bertz CT molecular complexity index is 594. The Morgan fingerprint density at radius 2 is 1.73 bits per heavy atom. The molecule has 2 aliphatic rings. The maximum atomic E-state index is 12.7. The van der Waals surface area contributed by atoms with Gasteiger partial charge in [0.25, 0.3) is 0 Å². The SMILES string of the molecule is O=C(CCC1CCCN(Cc2ccc(C(F)(F)F)cc2)C1)N1CCCC1. The Labute approximate surface area is 153 Å². The van der Waals surface area contributed by atoms with Gasteiger partial charge in [-0.05, 0) is 62.3 Å². The molecule has 26 heavy (non-hydrogen) atoms. The maximum absolute atomic E-state index is 12.7. The van der Waals surface area contributed by atoms with Crippen molar-refractivity contribution in [2.75, 3.05) is 26.2 Å². The van der Waals surface area contributed by atoms with Crippen LogP contribution in [-0.2, 0) is 17.5 Å². The molecule has 1 aromatic rings. The molecule has 2 saturated heterocycles. The van der Waals surface area contributed by atoms with Crippen molar-refractivity contribution in [1.82, 2.24) is 9.80 Å². The second kappa shape index (κ2) is 8.42. The van der Waals surface area contributed by atoms with E-state index in [-0.39, 0.29) is 5.91 Å². The Balaban J connectivity index is 1.46. The Hall–Kier alpha value is -1.56. The van der Waals surface area contributed by atoms with Crippen molar-refractivity contribution < 1.29 is 18.0 Å². The van der Waals surface area contributed by atoms with E-state index in [9.17, 15) is 18.0 Å². The first-order chi connectivity index (χ1) is 12.4. The molecule has 0 bridgehead atoms. The fourth-order valence-corrected chi connectivity index (χ4v) is 4.04. The summed E-state index contributed by atoms with van der Waals surface area (Å²) >= 11 is 0. The lowest BCUT2D eigenvalue weighted by molar-refractivity contribution is -0.137. The molecule has 0 saturated carbocycles. The first-order valence-corrected chi connectivity index (χ1v) is 9.58. The minimum atomic E-state index is -4.28. The van der Waals surface area contributed by atoms with Crippen molar-refractivity contribution >= 4 is 5.91 Å². The van der Waals surface area contributed by atoms with Crippen LogP contribution in [0.1, 0.15) is 49.7 Å². The molecule has 2 heterocycles. The number of piperidine rings is 1. The fourth-order valence-electron chi connectivity index (χ4n) is 4.04. The van der Waals surface area contributed by atoms with Gasteiger partial charge in [-0.25, -0.2) is 0 Å². The summed E-state index contributed by atoms with van der Waals surface area (Å²) in [5.41, 5.74) is 0.310. The van der Waals surface area contributed by atoms with Gasteiger partial charge in [-0.3, -0.25) is 9.69 Å². The van der Waals surface area contributed by atoms with E-state index in [0.29, 0.717) is 18.9 Å². The van der Waals surface area contributed by atoms with Gasteiger partial charge in [0.2, 0.25) is 5.91 Å². The summed E-state index contributed by atoms with van der Waals surface area (Å²) in [5, 5.41) is 0. The molecular weight excluding hydrogens is 341 g/mol. The van der Waals surface area contributed by atoms with Crippen molar-refractivity contribution in [3.63, 3.8) is 0 Å². The monoisotopic (exact) mass is 368 g/mol. The molecule has 1 aromatic carbocycles. The van der Waals surface area contributed by atoms with E-state index < -0.39 is 11.7 Å². The average Bonchev–Trinajstić information content (AvgIpc) is 3.14. The van der Waals surface area contributed by atoms with Gasteiger partial charge >= 0.3 is 6.18 Å². The Morgan fingerprint density at radius 1 is 1.04 bits per heavy atom. The molecule has 0 spiro atoms. The molecule has 0 aromatic heterocycles. The van der Waals surface area contributed by atoms with Crippen LogP contribution >= 0.6 is 0 Å². The zero-order valence-electron chi connectivity index (χ0n) is 15.1. The predicted octanol–water partition coefficient (Wildman–Crippen LogP) is 4.32. The van der Waals surface area contributed by atoms with Crippen LogP contribution in [0.3, 0.4) is 0 Å². The van der Waals surface area contributed by atoms with Crippen LogP contribution in [0.15, 0.2) is 24.3 Å². The first-order valence-electron chi connectivity index (χ1n) is 9.58. The molecule has 3 nitrogen and oxygen atoms in total. The van der Waals surface area contributed by atoms with E-state index in [4.69, 9.17) is 0 Å². The highest BCUT2D eigenvalue weighted by Crippen LogP contribution is 2.29. The topological polar surface area (TPSA) is 23.6 Å². The number of amides is 1. The Kier molecular flexibility index (Phi) is 6.22. The molecule has 2 fully saturated rings. The summed E-state index contributed by atoms with van der Waals surface area (Å²) in [5.74, 6) is 0.784. The Morgan fingerprint density at radius 3 is 2.38 bits per heavy atom. The van der Waals surface area contributed by atoms with Crippen LogP contribution in [-0.4, -0.2) is 41.9 Å². The number of carbonyl (C=O) groups excluding carboxylic acids is 1. The number of hydrogen-bond acceptors (Lipinski definition) is 2. The van der Waals surface area contributed by atoms with E-state index in [0.717, 1.165) is 76.0 Å². The van der Waals surface area contributed by atoms with Crippen molar-refractivity contribution in [1.29, 1.82) is 0 Å². The molecule has 6 heteroatoms. The molecule has 144 valence electrons. The molecule has 0 N–H and O–H groups in total. The van der Waals surface area contributed by atoms with Crippen LogP contribution in [0.25, 0.3) is 0 Å². The molecule has 0 radical (unpaired) electrons. The standard InChI is InChI=1S/C20H27F3N2O/c21-20(22,23)18-8-5-17(6-9-18)15-24-11-3-4-16(14-24)7-10-19(26)25-12-1-2-13-25/h5-6,8-9,16H,1-4,7,10-15H2. The van der Waals surface area contributed by atoms with Gasteiger partial charge in [-0.15, -0.1) is 0 Å². The lowest BCUT2D eigenvalue weighted by Crippen LogP contribution is -2.36. The fraction of sp³-hybridized carbons (Fsp3) is 0.650. The number of alkyl halides is 3. The van der Waals surface area contributed by atoms with Gasteiger partial charge in [0.05, 0.1) is 5.56 Å². The lowest BCUT2D eigenvalue weighted by atomic mass is 9.93. The van der Waals surface area contributed by atoms with Gasteiger partial charge < -0.3 is 4.90 Å². The van der Waals surface area contributed by atoms with Crippen molar-refractivity contribution in [3.05, 3.63) is 35.4 Å². The lowest BCUT2D eigenvalue weighted by Gasteiger charge is -2.33. The summed E-state index contributed by atoms with van der Waals surface area (Å²) in [4.78, 5) is 16.5. The highest BCUT2D eigenvalue weighted by molar-refractivity contribution is 5.76. The first kappa shape index (κ1) is 19.2. The molecule has 1 amide bonds. The second-order valence-corrected chi connectivity index (χ2v) is 7.56. The zero-order chi connectivity index (χ0) is 18.6. The van der Waals surface area contributed by atoms with Crippen LogP contribution in [0, 0.1) is 5.92 Å². The number of nitrogens with zero attached hydrogens (tertiary/aromatic N) is 2. The van der Waals surface area contributed by atoms with E-state index in [1.54, 1.807) is 12.1 Å². The maximum Gasteiger partial charge on any atom is 0.416 e.